The lowest BCUT2D eigenvalue weighted by Crippen LogP contribution is -2.41. The summed E-state index contributed by atoms with van der Waals surface area (Å²) in [6.07, 6.45) is 5.83. The molecule has 1 aliphatic rings. The summed E-state index contributed by atoms with van der Waals surface area (Å²) in [4.78, 5) is 14.6. The summed E-state index contributed by atoms with van der Waals surface area (Å²) < 4.78 is 25.3. The summed E-state index contributed by atoms with van der Waals surface area (Å²) >= 11 is 0. The zero-order chi connectivity index (χ0) is 18.3. The topological polar surface area (TPSA) is 69.7 Å². The quantitative estimate of drug-likeness (QED) is 0.711. The number of carbonyl (C=O) groups excluding carboxylic acids is 1. The van der Waals surface area contributed by atoms with Crippen LogP contribution in [0, 0.1) is 6.92 Å². The fourth-order valence-electron chi connectivity index (χ4n) is 3.08. The standard InChI is InChI=1S/C18H29N3O3S/c1-16-8-6-9-17(14-16)21(25(2,23)24)15-18(22)19-10-7-13-20-11-4-3-5-12-20/h6,8-9,14H,3-5,7,10-13,15H2,1-2H3,(H,19,22). The summed E-state index contributed by atoms with van der Waals surface area (Å²) in [6.45, 7) is 5.54. The first kappa shape index (κ1) is 19.7. The molecule has 1 amide bonds. The molecule has 25 heavy (non-hydrogen) atoms. The maximum atomic E-state index is 12.2. The lowest BCUT2D eigenvalue weighted by molar-refractivity contribution is -0.119. The van der Waals surface area contributed by atoms with Gasteiger partial charge in [-0.1, -0.05) is 18.6 Å². The van der Waals surface area contributed by atoms with E-state index in [2.05, 4.69) is 10.2 Å². The predicted molar refractivity (Wildman–Crippen MR) is 101 cm³/mol. The fraction of sp³-hybridized carbons (Fsp3) is 0.611. The number of rotatable bonds is 8. The molecule has 0 radical (unpaired) electrons. The van der Waals surface area contributed by atoms with Gasteiger partial charge in [-0.15, -0.1) is 0 Å². The van der Waals surface area contributed by atoms with Gasteiger partial charge in [0.1, 0.15) is 6.54 Å². The normalized spacial score (nSPS) is 15.8. The van der Waals surface area contributed by atoms with E-state index in [1.165, 1.54) is 19.3 Å². The largest absolute Gasteiger partial charge is 0.354 e. The van der Waals surface area contributed by atoms with Crippen LogP contribution in [0.15, 0.2) is 24.3 Å². The van der Waals surface area contributed by atoms with Crippen molar-refractivity contribution < 1.29 is 13.2 Å². The van der Waals surface area contributed by atoms with Crippen molar-refractivity contribution in [3.63, 3.8) is 0 Å². The first-order chi connectivity index (χ1) is 11.9. The molecule has 0 unspecified atom stereocenters. The van der Waals surface area contributed by atoms with Crippen molar-refractivity contribution in [3.8, 4) is 0 Å². The van der Waals surface area contributed by atoms with Crippen molar-refractivity contribution in [2.45, 2.75) is 32.6 Å². The van der Waals surface area contributed by atoms with Gasteiger partial charge >= 0.3 is 0 Å². The lowest BCUT2D eigenvalue weighted by atomic mass is 10.1. The molecule has 1 aliphatic heterocycles. The number of nitrogens with one attached hydrogen (secondary N) is 1. The lowest BCUT2D eigenvalue weighted by Gasteiger charge is -2.26. The first-order valence-corrected chi connectivity index (χ1v) is 10.7. The van der Waals surface area contributed by atoms with Crippen LogP contribution in [0.25, 0.3) is 0 Å². The Labute approximate surface area is 151 Å². The Morgan fingerprint density at radius 1 is 1.24 bits per heavy atom. The average molecular weight is 368 g/mol. The van der Waals surface area contributed by atoms with Gasteiger partial charge in [0, 0.05) is 6.54 Å². The maximum Gasteiger partial charge on any atom is 0.240 e. The highest BCUT2D eigenvalue weighted by Gasteiger charge is 2.20. The zero-order valence-corrected chi connectivity index (χ0v) is 16.0. The summed E-state index contributed by atoms with van der Waals surface area (Å²) in [5.41, 5.74) is 1.47. The number of anilines is 1. The number of nitrogens with zero attached hydrogens (tertiary/aromatic N) is 2. The molecule has 0 atom stereocenters. The molecular formula is C18H29N3O3S. The van der Waals surface area contributed by atoms with Crippen LogP contribution in [0.1, 0.15) is 31.2 Å². The molecule has 7 heteroatoms. The molecule has 0 aromatic heterocycles. The third-order valence-corrected chi connectivity index (χ3v) is 5.54. The van der Waals surface area contributed by atoms with Crippen LogP contribution >= 0.6 is 0 Å². The third-order valence-electron chi connectivity index (χ3n) is 4.40. The minimum absolute atomic E-state index is 0.188. The molecule has 140 valence electrons. The minimum atomic E-state index is -3.51. The number of likely N-dealkylation sites (tertiary alicyclic amines) is 1. The van der Waals surface area contributed by atoms with Crippen LogP contribution in [0.3, 0.4) is 0 Å². The molecule has 1 heterocycles. The molecule has 6 nitrogen and oxygen atoms in total. The van der Waals surface area contributed by atoms with Crippen molar-refractivity contribution in [1.29, 1.82) is 0 Å². The van der Waals surface area contributed by atoms with E-state index in [1.807, 2.05) is 13.0 Å². The van der Waals surface area contributed by atoms with E-state index in [9.17, 15) is 13.2 Å². The Hall–Kier alpha value is -1.60. The van der Waals surface area contributed by atoms with E-state index in [0.29, 0.717) is 12.2 Å². The smallest absolute Gasteiger partial charge is 0.240 e. The summed E-state index contributed by atoms with van der Waals surface area (Å²) in [7, 11) is -3.51. The van der Waals surface area contributed by atoms with E-state index in [4.69, 9.17) is 0 Å². The molecule has 1 fully saturated rings. The zero-order valence-electron chi connectivity index (χ0n) is 15.2. The number of aryl methyl sites for hydroxylation is 1. The van der Waals surface area contributed by atoms with Crippen LogP contribution < -0.4 is 9.62 Å². The Morgan fingerprint density at radius 3 is 2.60 bits per heavy atom. The number of carbonyl (C=O) groups is 1. The summed E-state index contributed by atoms with van der Waals surface area (Å²) in [5, 5.41) is 2.84. The Balaban J connectivity index is 1.83. The maximum absolute atomic E-state index is 12.2. The monoisotopic (exact) mass is 367 g/mol. The number of benzene rings is 1. The van der Waals surface area contributed by atoms with Gasteiger partial charge < -0.3 is 10.2 Å². The van der Waals surface area contributed by atoms with Gasteiger partial charge in [-0.2, -0.15) is 0 Å². The third kappa shape index (κ3) is 6.66. The second-order valence-corrected chi connectivity index (χ2v) is 8.62. The van der Waals surface area contributed by atoms with Crippen LogP contribution in [-0.2, 0) is 14.8 Å². The molecule has 1 N–H and O–H groups in total. The molecule has 0 spiro atoms. The van der Waals surface area contributed by atoms with Crippen molar-refractivity contribution >= 4 is 21.6 Å². The van der Waals surface area contributed by atoms with Gasteiger partial charge in [0.05, 0.1) is 11.9 Å². The summed E-state index contributed by atoms with van der Waals surface area (Å²) in [6, 6.07) is 7.16. The van der Waals surface area contributed by atoms with Crippen molar-refractivity contribution in [2.24, 2.45) is 0 Å². The highest BCUT2D eigenvalue weighted by atomic mass is 32.2. The molecule has 2 rings (SSSR count). The molecule has 0 aliphatic carbocycles. The van der Waals surface area contributed by atoms with Crippen molar-refractivity contribution in [3.05, 3.63) is 29.8 Å². The number of hydrogen-bond acceptors (Lipinski definition) is 4. The number of sulfonamides is 1. The van der Waals surface area contributed by atoms with Crippen LogP contribution in [0.5, 0.6) is 0 Å². The van der Waals surface area contributed by atoms with E-state index in [0.717, 1.165) is 42.2 Å². The fourth-order valence-corrected chi connectivity index (χ4v) is 3.93. The predicted octanol–water partition coefficient (Wildman–Crippen LogP) is 1.75. The highest BCUT2D eigenvalue weighted by Crippen LogP contribution is 2.18. The Morgan fingerprint density at radius 2 is 1.96 bits per heavy atom. The minimum Gasteiger partial charge on any atom is -0.354 e. The van der Waals surface area contributed by atoms with Crippen LogP contribution in [-0.4, -0.2) is 58.2 Å². The van der Waals surface area contributed by atoms with Crippen molar-refractivity contribution in [2.75, 3.05) is 43.3 Å². The van der Waals surface area contributed by atoms with Gasteiger partial charge in [-0.3, -0.25) is 9.10 Å². The SMILES string of the molecule is Cc1cccc(N(CC(=O)NCCCN2CCCCC2)S(C)(=O)=O)c1. The van der Waals surface area contributed by atoms with E-state index < -0.39 is 10.0 Å². The average Bonchev–Trinajstić information content (AvgIpc) is 2.56. The Kier molecular flexibility index (Phi) is 7.25. The number of piperidine rings is 1. The van der Waals surface area contributed by atoms with Crippen LogP contribution in [0.2, 0.25) is 0 Å². The molecule has 0 bridgehead atoms. The summed E-state index contributed by atoms with van der Waals surface area (Å²) in [5.74, 6) is -0.273. The molecule has 1 aromatic carbocycles. The Bertz CT molecular complexity index is 670. The second-order valence-electron chi connectivity index (χ2n) is 6.71. The number of hydrogen-bond donors (Lipinski definition) is 1. The number of amides is 1. The molecule has 1 saturated heterocycles. The van der Waals surface area contributed by atoms with E-state index in [-0.39, 0.29) is 12.5 Å². The van der Waals surface area contributed by atoms with Gasteiger partial charge in [0.15, 0.2) is 0 Å². The van der Waals surface area contributed by atoms with Gasteiger partial charge in [0.25, 0.3) is 0 Å². The van der Waals surface area contributed by atoms with Crippen molar-refractivity contribution in [1.82, 2.24) is 10.2 Å². The van der Waals surface area contributed by atoms with Gasteiger partial charge in [-0.05, 0) is 63.5 Å². The molecule has 0 saturated carbocycles. The second kappa shape index (κ2) is 9.20. The van der Waals surface area contributed by atoms with Gasteiger partial charge in [-0.25, -0.2) is 8.42 Å². The first-order valence-electron chi connectivity index (χ1n) is 8.90. The van der Waals surface area contributed by atoms with E-state index >= 15 is 0 Å². The molecule has 1 aromatic rings. The van der Waals surface area contributed by atoms with Gasteiger partial charge in [0.2, 0.25) is 15.9 Å². The van der Waals surface area contributed by atoms with Crippen LogP contribution in [0.4, 0.5) is 5.69 Å². The van der Waals surface area contributed by atoms with E-state index in [1.54, 1.807) is 18.2 Å². The highest BCUT2D eigenvalue weighted by molar-refractivity contribution is 7.92. The molecular weight excluding hydrogens is 338 g/mol.